The van der Waals surface area contributed by atoms with Gasteiger partial charge in [0.25, 0.3) is 0 Å². The summed E-state index contributed by atoms with van der Waals surface area (Å²) < 4.78 is 6.08. The lowest BCUT2D eigenvalue weighted by molar-refractivity contribution is 0.387. The molecule has 0 amide bonds. The molecular formula is C23H23N3O. The van der Waals surface area contributed by atoms with Gasteiger partial charge < -0.3 is 4.74 Å². The van der Waals surface area contributed by atoms with Crippen LogP contribution >= 0.6 is 0 Å². The van der Waals surface area contributed by atoms with Crippen LogP contribution in [0.1, 0.15) is 24.0 Å². The monoisotopic (exact) mass is 357 g/mol. The maximum absolute atomic E-state index is 6.08. The number of hydrogen-bond donors (Lipinski definition) is 0. The van der Waals surface area contributed by atoms with Crippen molar-refractivity contribution >= 4 is 23.2 Å². The highest BCUT2D eigenvalue weighted by atomic mass is 16.5. The molecule has 0 saturated carbocycles. The molecule has 1 saturated heterocycles. The third kappa shape index (κ3) is 3.58. The first-order valence-electron chi connectivity index (χ1n) is 9.72. The summed E-state index contributed by atoms with van der Waals surface area (Å²) in [5, 5.41) is 0. The lowest BCUT2D eigenvalue weighted by Gasteiger charge is -2.13. The van der Waals surface area contributed by atoms with E-state index in [4.69, 9.17) is 9.73 Å². The van der Waals surface area contributed by atoms with Gasteiger partial charge in [0.1, 0.15) is 11.5 Å². The molecule has 0 N–H and O–H groups in total. The topological polar surface area (TPSA) is 37.2 Å². The molecule has 0 radical (unpaired) electrons. The molecule has 4 heteroatoms. The lowest BCUT2D eigenvalue weighted by atomic mass is 10.1. The Morgan fingerprint density at radius 1 is 0.963 bits per heavy atom. The van der Waals surface area contributed by atoms with Gasteiger partial charge in [0, 0.05) is 24.9 Å². The smallest absolute Gasteiger partial charge is 0.127 e. The number of aliphatic imine (C=N–C) groups is 2. The molecule has 5 rings (SSSR count). The molecule has 2 aromatic carbocycles. The molecule has 27 heavy (non-hydrogen) atoms. The van der Waals surface area contributed by atoms with E-state index >= 15 is 0 Å². The highest BCUT2D eigenvalue weighted by Gasteiger charge is 2.20. The molecule has 1 fully saturated rings. The molecule has 2 aromatic rings. The second-order valence-corrected chi connectivity index (χ2v) is 7.44. The quantitative estimate of drug-likeness (QED) is 0.780. The average molecular weight is 357 g/mol. The summed E-state index contributed by atoms with van der Waals surface area (Å²) in [5.74, 6) is 1.73. The van der Waals surface area contributed by atoms with Crippen molar-refractivity contribution in [2.45, 2.75) is 19.3 Å². The first kappa shape index (κ1) is 16.5. The van der Waals surface area contributed by atoms with Gasteiger partial charge in [-0.25, -0.2) is 0 Å². The van der Waals surface area contributed by atoms with E-state index in [1.165, 1.54) is 48.3 Å². The van der Waals surface area contributed by atoms with Crippen LogP contribution in [0.4, 0.5) is 5.69 Å². The summed E-state index contributed by atoms with van der Waals surface area (Å²) in [6.07, 6.45) is 7.51. The summed E-state index contributed by atoms with van der Waals surface area (Å²) in [6, 6.07) is 14.5. The van der Waals surface area contributed by atoms with Crippen LogP contribution in [0, 0.1) is 0 Å². The Morgan fingerprint density at radius 2 is 1.78 bits per heavy atom. The maximum atomic E-state index is 6.08. The van der Waals surface area contributed by atoms with E-state index in [1.54, 1.807) is 0 Å². The molecule has 0 aliphatic carbocycles. The van der Waals surface area contributed by atoms with Gasteiger partial charge >= 0.3 is 0 Å². The summed E-state index contributed by atoms with van der Waals surface area (Å²) in [6.45, 7) is 4.20. The molecule has 4 nitrogen and oxygen atoms in total. The van der Waals surface area contributed by atoms with Gasteiger partial charge in [0.2, 0.25) is 0 Å². The fraction of sp³-hybridized carbons (Fsp3) is 0.304. The fourth-order valence-corrected chi connectivity index (χ4v) is 4.00. The van der Waals surface area contributed by atoms with Crippen LogP contribution in [-0.2, 0) is 6.42 Å². The molecule has 3 aliphatic rings. The zero-order valence-corrected chi connectivity index (χ0v) is 15.4. The van der Waals surface area contributed by atoms with Crippen LogP contribution in [0.2, 0.25) is 0 Å². The number of benzene rings is 2. The summed E-state index contributed by atoms with van der Waals surface area (Å²) in [7, 11) is 0. The molecule has 3 aliphatic heterocycles. The first-order valence-corrected chi connectivity index (χ1v) is 9.72. The largest absolute Gasteiger partial charge is 0.457 e. The first-order chi connectivity index (χ1) is 13.3. The third-order valence-electron chi connectivity index (χ3n) is 5.43. The maximum Gasteiger partial charge on any atom is 0.127 e. The van der Waals surface area contributed by atoms with Gasteiger partial charge in [-0.2, -0.15) is 0 Å². The van der Waals surface area contributed by atoms with E-state index in [9.17, 15) is 0 Å². The lowest BCUT2D eigenvalue weighted by Crippen LogP contribution is -2.26. The second-order valence-electron chi connectivity index (χ2n) is 7.44. The molecule has 0 aromatic heterocycles. The average Bonchev–Trinajstić information content (AvgIpc) is 3.44. The number of nitrogens with zero attached hydrogens (tertiary/aromatic N) is 3. The van der Waals surface area contributed by atoms with Gasteiger partial charge in [0.05, 0.1) is 12.2 Å². The van der Waals surface area contributed by atoms with Crippen molar-refractivity contribution in [3.05, 3.63) is 59.7 Å². The molecular weight excluding hydrogens is 334 g/mol. The minimum Gasteiger partial charge on any atom is -0.457 e. The Kier molecular flexibility index (Phi) is 4.34. The van der Waals surface area contributed by atoms with Gasteiger partial charge in [0.15, 0.2) is 0 Å². The summed E-state index contributed by atoms with van der Waals surface area (Å²) in [4.78, 5) is 11.6. The highest BCUT2D eigenvalue weighted by Crippen LogP contribution is 2.33. The molecule has 136 valence electrons. The number of fused-ring (bicyclic) bond motifs is 1. The number of likely N-dealkylation sites (tertiary alicyclic amines) is 1. The molecule has 0 atom stereocenters. The van der Waals surface area contributed by atoms with Crippen molar-refractivity contribution < 1.29 is 4.74 Å². The van der Waals surface area contributed by atoms with Gasteiger partial charge in [-0.15, -0.1) is 0 Å². The minimum absolute atomic E-state index is 0.769. The Bertz CT molecular complexity index is 935. The molecule has 3 heterocycles. The van der Waals surface area contributed by atoms with Crippen molar-refractivity contribution in [1.29, 1.82) is 0 Å². The highest BCUT2D eigenvalue weighted by molar-refractivity contribution is 5.95. The third-order valence-corrected chi connectivity index (χ3v) is 5.43. The molecule has 0 spiro atoms. The number of rotatable bonds is 5. The standard InChI is InChI=1S/C23H23N3O/c1-2-12-26(11-1)16-20-13-19-14-22(7-8-23(19)25-20)27-21-5-3-17(4-6-21)18-9-10-24-15-18/h3-10,14H,1-2,11-13,15-16H2. The number of allylic oxidation sites excluding steroid dienone is 1. The van der Waals surface area contributed by atoms with Gasteiger partial charge in [-0.1, -0.05) is 12.1 Å². The van der Waals surface area contributed by atoms with E-state index in [-0.39, 0.29) is 0 Å². The Hall–Kier alpha value is -2.72. The van der Waals surface area contributed by atoms with Crippen molar-refractivity contribution in [1.82, 2.24) is 4.90 Å². The van der Waals surface area contributed by atoms with E-state index in [0.717, 1.165) is 36.7 Å². The number of ether oxygens (including phenoxy) is 1. The zero-order valence-electron chi connectivity index (χ0n) is 15.4. The Balaban J connectivity index is 1.24. The van der Waals surface area contributed by atoms with Crippen LogP contribution in [0.15, 0.2) is 58.5 Å². The van der Waals surface area contributed by atoms with E-state index in [2.05, 4.69) is 40.2 Å². The van der Waals surface area contributed by atoms with Crippen molar-refractivity contribution in [2.75, 3.05) is 26.2 Å². The van der Waals surface area contributed by atoms with E-state index in [1.807, 2.05) is 24.4 Å². The second kappa shape index (κ2) is 7.12. The van der Waals surface area contributed by atoms with Gasteiger partial charge in [-0.05, 0) is 79.0 Å². The van der Waals surface area contributed by atoms with Crippen molar-refractivity contribution in [3.63, 3.8) is 0 Å². The van der Waals surface area contributed by atoms with E-state index < -0.39 is 0 Å². The fourth-order valence-electron chi connectivity index (χ4n) is 4.00. The zero-order chi connectivity index (χ0) is 18.1. The minimum atomic E-state index is 0.769. The summed E-state index contributed by atoms with van der Waals surface area (Å²) >= 11 is 0. The van der Waals surface area contributed by atoms with Crippen molar-refractivity contribution in [3.8, 4) is 11.5 Å². The van der Waals surface area contributed by atoms with Crippen LogP contribution in [0.25, 0.3) is 5.57 Å². The SMILES string of the molecule is C1=NCC(c2ccc(Oc3ccc4c(c3)CC(CN3CCCC3)=N4)cc2)=C1. The molecule has 0 unspecified atom stereocenters. The van der Waals surface area contributed by atoms with Gasteiger partial charge in [-0.3, -0.25) is 14.9 Å². The predicted octanol–water partition coefficient (Wildman–Crippen LogP) is 4.67. The van der Waals surface area contributed by atoms with Crippen LogP contribution < -0.4 is 4.74 Å². The van der Waals surface area contributed by atoms with Crippen LogP contribution in [0.5, 0.6) is 11.5 Å². The Morgan fingerprint density at radius 3 is 2.56 bits per heavy atom. The van der Waals surface area contributed by atoms with Crippen LogP contribution in [0.3, 0.4) is 0 Å². The van der Waals surface area contributed by atoms with Crippen LogP contribution in [-0.4, -0.2) is 43.0 Å². The predicted molar refractivity (Wildman–Crippen MR) is 111 cm³/mol. The normalized spacial score (nSPS) is 18.5. The molecule has 0 bridgehead atoms. The Labute approximate surface area is 159 Å². The van der Waals surface area contributed by atoms with Crippen molar-refractivity contribution in [2.24, 2.45) is 9.98 Å². The summed E-state index contributed by atoms with van der Waals surface area (Å²) in [5.41, 5.74) is 6.10. The number of hydrogen-bond acceptors (Lipinski definition) is 4. The van der Waals surface area contributed by atoms with E-state index in [0.29, 0.717) is 0 Å².